The molecular formula is C10H14N4OS. The lowest BCUT2D eigenvalue weighted by atomic mass is 10.2. The Bertz CT molecular complexity index is 400. The van der Waals surface area contributed by atoms with E-state index in [0.29, 0.717) is 11.9 Å². The zero-order valence-electron chi connectivity index (χ0n) is 9.14. The Labute approximate surface area is 98.6 Å². The molecule has 1 fully saturated rings. The molecule has 1 N–H and O–H groups in total. The van der Waals surface area contributed by atoms with Crippen LogP contribution >= 0.6 is 11.8 Å². The highest BCUT2D eigenvalue weighted by atomic mass is 32.2. The topological polar surface area (TPSA) is 50.3 Å². The molecule has 0 amide bonds. The zero-order chi connectivity index (χ0) is 11.0. The van der Waals surface area contributed by atoms with Crippen molar-refractivity contribution in [3.63, 3.8) is 0 Å². The van der Waals surface area contributed by atoms with Crippen LogP contribution in [0, 0.1) is 0 Å². The number of methoxy groups -OCH3 is 1. The summed E-state index contributed by atoms with van der Waals surface area (Å²) in [5.74, 6) is 3.96. The summed E-state index contributed by atoms with van der Waals surface area (Å²) < 4.78 is 5.25. The fraction of sp³-hybridized carbons (Fsp3) is 0.600. The van der Waals surface area contributed by atoms with Gasteiger partial charge in [-0.15, -0.1) is 0 Å². The van der Waals surface area contributed by atoms with Gasteiger partial charge in [0.2, 0.25) is 5.88 Å². The third-order valence-corrected chi connectivity index (χ3v) is 4.09. The lowest BCUT2D eigenvalue weighted by molar-refractivity contribution is 0.397. The Kier molecular flexibility index (Phi) is 2.51. The van der Waals surface area contributed by atoms with E-state index in [1.54, 1.807) is 13.4 Å². The van der Waals surface area contributed by atoms with Crippen molar-refractivity contribution in [1.29, 1.82) is 0 Å². The Hall–Kier alpha value is -1.17. The quantitative estimate of drug-likeness (QED) is 0.782. The van der Waals surface area contributed by atoms with Crippen LogP contribution in [0.2, 0.25) is 0 Å². The molecule has 0 spiro atoms. The summed E-state index contributed by atoms with van der Waals surface area (Å²) >= 11 is 2.01. The van der Waals surface area contributed by atoms with Gasteiger partial charge in [0.25, 0.3) is 0 Å². The molecule has 0 aliphatic carbocycles. The zero-order valence-corrected chi connectivity index (χ0v) is 9.96. The minimum absolute atomic E-state index is 0.547. The number of nitrogens with one attached hydrogen (secondary N) is 1. The lowest BCUT2D eigenvalue weighted by Crippen LogP contribution is -2.49. The highest BCUT2D eigenvalue weighted by molar-refractivity contribution is 7.99. The van der Waals surface area contributed by atoms with E-state index in [2.05, 4.69) is 20.2 Å². The second kappa shape index (κ2) is 4.01. The molecule has 3 rings (SSSR count). The number of ether oxygens (including phenoxy) is 1. The lowest BCUT2D eigenvalue weighted by Gasteiger charge is -2.41. The first kappa shape index (κ1) is 10.0. The maximum Gasteiger partial charge on any atom is 0.242 e. The third kappa shape index (κ3) is 1.48. The van der Waals surface area contributed by atoms with E-state index in [1.165, 1.54) is 11.5 Å². The van der Waals surface area contributed by atoms with Crippen molar-refractivity contribution >= 4 is 23.3 Å². The molecule has 1 atom stereocenters. The summed E-state index contributed by atoms with van der Waals surface area (Å²) in [5.41, 5.74) is 0.938. The first-order chi connectivity index (χ1) is 7.90. The average molecular weight is 238 g/mol. The van der Waals surface area contributed by atoms with Crippen molar-refractivity contribution in [1.82, 2.24) is 9.97 Å². The molecule has 86 valence electrons. The standard InChI is InChI=1S/C10H14N4OS/c1-15-10-8-9(12-6-13-10)14-2-3-16-5-7(14)4-11-8/h6-7,11H,2-5H2,1H3. The molecule has 0 bridgehead atoms. The highest BCUT2D eigenvalue weighted by Crippen LogP contribution is 2.37. The molecule has 2 aliphatic heterocycles. The molecule has 2 aliphatic rings. The Morgan fingerprint density at radius 3 is 3.38 bits per heavy atom. The minimum Gasteiger partial charge on any atom is -0.479 e. The molecular weight excluding hydrogens is 224 g/mol. The molecule has 5 nitrogen and oxygen atoms in total. The number of rotatable bonds is 1. The van der Waals surface area contributed by atoms with Crippen LogP contribution < -0.4 is 15.0 Å². The number of hydrogen-bond acceptors (Lipinski definition) is 6. The predicted molar refractivity (Wildman–Crippen MR) is 65.5 cm³/mol. The monoisotopic (exact) mass is 238 g/mol. The fourth-order valence-corrected chi connectivity index (χ4v) is 3.27. The summed E-state index contributed by atoms with van der Waals surface area (Å²) in [5, 5.41) is 3.38. The fourth-order valence-electron chi connectivity index (χ4n) is 2.21. The number of nitrogens with zero attached hydrogens (tertiary/aromatic N) is 3. The number of thioether (sulfide) groups is 1. The van der Waals surface area contributed by atoms with Crippen LogP contribution in [0.1, 0.15) is 0 Å². The summed E-state index contributed by atoms with van der Waals surface area (Å²) in [7, 11) is 1.64. The van der Waals surface area contributed by atoms with Gasteiger partial charge in [0.05, 0.1) is 13.2 Å². The molecule has 1 aromatic rings. The van der Waals surface area contributed by atoms with E-state index in [-0.39, 0.29) is 0 Å². The minimum atomic E-state index is 0.547. The molecule has 3 heterocycles. The van der Waals surface area contributed by atoms with E-state index in [1.807, 2.05) is 11.8 Å². The molecule has 0 radical (unpaired) electrons. The summed E-state index contributed by atoms with van der Waals surface area (Å²) in [6.45, 7) is 2.01. The van der Waals surface area contributed by atoms with Crippen LogP contribution in [-0.4, -0.2) is 47.7 Å². The van der Waals surface area contributed by atoms with Crippen LogP contribution in [0.4, 0.5) is 11.5 Å². The van der Waals surface area contributed by atoms with Gasteiger partial charge in [-0.1, -0.05) is 0 Å². The largest absolute Gasteiger partial charge is 0.479 e. The van der Waals surface area contributed by atoms with Gasteiger partial charge in [-0.25, -0.2) is 4.98 Å². The van der Waals surface area contributed by atoms with Gasteiger partial charge in [-0.2, -0.15) is 16.7 Å². The number of fused-ring (bicyclic) bond motifs is 3. The molecule has 1 saturated heterocycles. The summed E-state index contributed by atoms with van der Waals surface area (Å²) in [4.78, 5) is 10.9. The van der Waals surface area contributed by atoms with Gasteiger partial charge in [-0.3, -0.25) is 0 Å². The van der Waals surface area contributed by atoms with Gasteiger partial charge >= 0.3 is 0 Å². The van der Waals surface area contributed by atoms with Crippen LogP contribution in [0.15, 0.2) is 6.33 Å². The summed E-state index contributed by atoms with van der Waals surface area (Å²) in [6.07, 6.45) is 1.57. The normalized spacial score (nSPS) is 23.1. The van der Waals surface area contributed by atoms with Crippen LogP contribution in [0.5, 0.6) is 5.88 Å². The van der Waals surface area contributed by atoms with Crippen LogP contribution in [0.3, 0.4) is 0 Å². The average Bonchev–Trinajstić information content (AvgIpc) is 2.37. The molecule has 1 aromatic heterocycles. The number of aromatic nitrogens is 2. The first-order valence-electron chi connectivity index (χ1n) is 5.37. The van der Waals surface area contributed by atoms with Crippen molar-refractivity contribution in [3.8, 4) is 5.88 Å². The highest BCUT2D eigenvalue weighted by Gasteiger charge is 2.31. The SMILES string of the molecule is COc1ncnc2c1NCC1CSCCN21. The second-order valence-electron chi connectivity index (χ2n) is 3.88. The van der Waals surface area contributed by atoms with Crippen LogP contribution in [0.25, 0.3) is 0 Å². The first-order valence-corrected chi connectivity index (χ1v) is 6.53. The number of anilines is 2. The van der Waals surface area contributed by atoms with E-state index >= 15 is 0 Å². The van der Waals surface area contributed by atoms with Gasteiger partial charge in [-0.05, 0) is 0 Å². The molecule has 6 heteroatoms. The number of hydrogen-bond donors (Lipinski definition) is 1. The Balaban J connectivity index is 2.01. The van der Waals surface area contributed by atoms with Crippen LogP contribution in [-0.2, 0) is 0 Å². The van der Waals surface area contributed by atoms with E-state index in [4.69, 9.17) is 4.74 Å². The van der Waals surface area contributed by atoms with E-state index in [9.17, 15) is 0 Å². The van der Waals surface area contributed by atoms with E-state index < -0.39 is 0 Å². The van der Waals surface area contributed by atoms with Crippen molar-refractivity contribution in [2.75, 3.05) is 41.9 Å². The van der Waals surface area contributed by atoms with Gasteiger partial charge in [0.1, 0.15) is 12.0 Å². The third-order valence-electron chi connectivity index (χ3n) is 3.00. The predicted octanol–water partition coefficient (Wildman–Crippen LogP) is 0.832. The van der Waals surface area contributed by atoms with Gasteiger partial charge < -0.3 is 15.0 Å². The molecule has 1 unspecified atom stereocenters. The van der Waals surface area contributed by atoms with Gasteiger partial charge in [0, 0.05) is 24.6 Å². The second-order valence-corrected chi connectivity index (χ2v) is 5.03. The molecule has 0 saturated carbocycles. The van der Waals surface area contributed by atoms with Crippen molar-refractivity contribution in [2.45, 2.75) is 6.04 Å². The Morgan fingerprint density at radius 2 is 2.50 bits per heavy atom. The maximum atomic E-state index is 5.25. The molecule has 16 heavy (non-hydrogen) atoms. The summed E-state index contributed by atoms with van der Waals surface area (Å²) in [6, 6.07) is 0.547. The van der Waals surface area contributed by atoms with Crippen molar-refractivity contribution < 1.29 is 4.74 Å². The smallest absolute Gasteiger partial charge is 0.242 e. The van der Waals surface area contributed by atoms with E-state index in [0.717, 1.165) is 24.6 Å². The van der Waals surface area contributed by atoms with Gasteiger partial charge in [0.15, 0.2) is 5.82 Å². The van der Waals surface area contributed by atoms with Crippen molar-refractivity contribution in [3.05, 3.63) is 6.33 Å². The molecule has 0 aromatic carbocycles. The Morgan fingerprint density at radius 1 is 1.56 bits per heavy atom. The van der Waals surface area contributed by atoms with Crippen molar-refractivity contribution in [2.24, 2.45) is 0 Å². The maximum absolute atomic E-state index is 5.25.